The zero-order valence-electron chi connectivity index (χ0n) is 9.80. The summed E-state index contributed by atoms with van der Waals surface area (Å²) in [6.45, 7) is 0.790. The molecule has 0 atom stereocenters. The Labute approximate surface area is 99.5 Å². The maximum atomic E-state index is 11.6. The maximum absolute atomic E-state index is 11.6. The van der Waals surface area contributed by atoms with Crippen molar-refractivity contribution in [2.75, 3.05) is 20.3 Å². The van der Waals surface area contributed by atoms with Gasteiger partial charge in [-0.1, -0.05) is 0 Å². The molecule has 6 nitrogen and oxygen atoms in total. The lowest BCUT2D eigenvalue weighted by atomic mass is 10.2. The van der Waals surface area contributed by atoms with Gasteiger partial charge in [0.25, 0.3) is 5.91 Å². The zero-order chi connectivity index (χ0) is 12.7. The first-order valence-corrected chi connectivity index (χ1v) is 5.05. The van der Waals surface area contributed by atoms with Gasteiger partial charge in [0.15, 0.2) is 0 Å². The molecule has 1 N–H and O–H groups in total. The van der Waals surface area contributed by atoms with E-state index in [4.69, 9.17) is 10.00 Å². The van der Waals surface area contributed by atoms with E-state index < -0.39 is 5.91 Å². The van der Waals surface area contributed by atoms with Crippen LogP contribution in [0.2, 0.25) is 0 Å². The van der Waals surface area contributed by atoms with Crippen LogP contribution >= 0.6 is 0 Å². The van der Waals surface area contributed by atoms with E-state index in [2.05, 4.69) is 10.4 Å². The Morgan fingerprint density at radius 3 is 3.06 bits per heavy atom. The van der Waals surface area contributed by atoms with Crippen molar-refractivity contribution in [1.29, 1.82) is 5.26 Å². The Balaban J connectivity index is 2.68. The summed E-state index contributed by atoms with van der Waals surface area (Å²) >= 11 is 0. The highest BCUT2D eigenvalue weighted by molar-refractivity contribution is 6.01. The predicted molar refractivity (Wildman–Crippen MR) is 61.7 cm³/mol. The van der Waals surface area contributed by atoms with Crippen molar-refractivity contribution >= 4 is 12.0 Å². The molecule has 0 radical (unpaired) electrons. The molecular formula is C11H14N4O2. The summed E-state index contributed by atoms with van der Waals surface area (Å²) in [6, 6.07) is 1.86. The Bertz CT molecular complexity index is 456. The summed E-state index contributed by atoms with van der Waals surface area (Å²) in [6.07, 6.45) is 4.80. The average Bonchev–Trinajstić information content (AvgIpc) is 2.72. The number of aryl methyl sites for hydroxylation is 1. The summed E-state index contributed by atoms with van der Waals surface area (Å²) in [5.41, 5.74) is 0.764. The minimum atomic E-state index is -0.409. The van der Waals surface area contributed by atoms with Gasteiger partial charge in [-0.15, -0.1) is 0 Å². The van der Waals surface area contributed by atoms with Gasteiger partial charge < -0.3 is 10.1 Å². The van der Waals surface area contributed by atoms with Crippen LogP contribution in [0.15, 0.2) is 18.0 Å². The lowest BCUT2D eigenvalue weighted by molar-refractivity contribution is -0.117. The van der Waals surface area contributed by atoms with Gasteiger partial charge in [0.1, 0.15) is 11.6 Å². The van der Waals surface area contributed by atoms with Crippen molar-refractivity contribution < 1.29 is 9.53 Å². The van der Waals surface area contributed by atoms with Gasteiger partial charge >= 0.3 is 0 Å². The number of nitrogens with one attached hydrogen (secondary N) is 1. The summed E-state index contributed by atoms with van der Waals surface area (Å²) in [5.74, 6) is -0.409. The number of hydrogen-bond acceptors (Lipinski definition) is 4. The normalized spacial score (nSPS) is 11.0. The summed E-state index contributed by atoms with van der Waals surface area (Å²) in [5, 5.41) is 15.4. The Morgan fingerprint density at radius 1 is 1.76 bits per heavy atom. The third-order valence-corrected chi connectivity index (χ3v) is 1.99. The second-order valence-electron chi connectivity index (χ2n) is 3.37. The number of hydrogen-bond donors (Lipinski definition) is 1. The fourth-order valence-electron chi connectivity index (χ4n) is 1.19. The Hall–Kier alpha value is -2.13. The van der Waals surface area contributed by atoms with Gasteiger partial charge in [-0.25, -0.2) is 0 Å². The number of aromatic nitrogens is 2. The molecule has 1 heterocycles. The van der Waals surface area contributed by atoms with E-state index in [1.807, 2.05) is 6.07 Å². The average molecular weight is 234 g/mol. The lowest BCUT2D eigenvalue weighted by Gasteiger charge is -2.02. The van der Waals surface area contributed by atoms with E-state index >= 15 is 0 Å². The van der Waals surface area contributed by atoms with E-state index in [-0.39, 0.29) is 5.57 Å². The third kappa shape index (κ3) is 4.09. The lowest BCUT2D eigenvalue weighted by Crippen LogP contribution is -2.27. The molecule has 0 saturated heterocycles. The summed E-state index contributed by atoms with van der Waals surface area (Å²) in [4.78, 5) is 11.6. The third-order valence-electron chi connectivity index (χ3n) is 1.99. The molecular weight excluding hydrogens is 220 g/mol. The molecule has 1 rings (SSSR count). The fourth-order valence-corrected chi connectivity index (χ4v) is 1.19. The van der Waals surface area contributed by atoms with Crippen LogP contribution in [0.3, 0.4) is 0 Å². The smallest absolute Gasteiger partial charge is 0.262 e. The number of methoxy groups -OCH3 is 1. The van der Waals surface area contributed by atoms with E-state index in [1.54, 1.807) is 31.2 Å². The van der Waals surface area contributed by atoms with Gasteiger partial charge in [0.2, 0.25) is 0 Å². The Morgan fingerprint density at radius 2 is 2.53 bits per heavy atom. The van der Waals surface area contributed by atoms with Crippen LogP contribution < -0.4 is 5.32 Å². The molecule has 0 fully saturated rings. The topological polar surface area (TPSA) is 79.9 Å². The first kappa shape index (κ1) is 12.9. The van der Waals surface area contributed by atoms with Crippen LogP contribution in [0, 0.1) is 11.3 Å². The minimum Gasteiger partial charge on any atom is -0.383 e. The molecule has 0 aliphatic heterocycles. The molecule has 0 unspecified atom stereocenters. The first-order chi connectivity index (χ1) is 8.17. The van der Waals surface area contributed by atoms with Crippen LogP contribution in [-0.2, 0) is 16.6 Å². The molecule has 0 aliphatic carbocycles. The molecule has 1 aromatic rings. The number of nitriles is 1. The van der Waals surface area contributed by atoms with Gasteiger partial charge in [0.05, 0.1) is 12.8 Å². The minimum absolute atomic E-state index is 0.0501. The molecule has 0 bridgehead atoms. The van der Waals surface area contributed by atoms with Gasteiger partial charge in [-0.2, -0.15) is 10.4 Å². The molecule has 17 heavy (non-hydrogen) atoms. The highest BCUT2D eigenvalue weighted by Gasteiger charge is 2.08. The van der Waals surface area contributed by atoms with Crippen LogP contribution in [-0.4, -0.2) is 35.9 Å². The quantitative estimate of drug-likeness (QED) is 0.445. The van der Waals surface area contributed by atoms with E-state index in [9.17, 15) is 4.79 Å². The maximum Gasteiger partial charge on any atom is 0.262 e. The summed E-state index contributed by atoms with van der Waals surface area (Å²) < 4.78 is 6.40. The highest BCUT2D eigenvalue weighted by atomic mass is 16.5. The number of nitrogens with zero attached hydrogens (tertiary/aromatic N) is 3. The van der Waals surface area contributed by atoms with E-state index in [0.29, 0.717) is 18.7 Å². The monoisotopic (exact) mass is 234 g/mol. The number of amides is 1. The van der Waals surface area contributed by atoms with Crippen molar-refractivity contribution in [3.8, 4) is 6.07 Å². The van der Waals surface area contributed by atoms with Crippen molar-refractivity contribution in [3.05, 3.63) is 23.5 Å². The van der Waals surface area contributed by atoms with Gasteiger partial charge in [-0.05, 0) is 6.08 Å². The summed E-state index contributed by atoms with van der Waals surface area (Å²) in [7, 11) is 3.31. The molecule has 1 amide bonds. The van der Waals surface area contributed by atoms with Crippen molar-refractivity contribution in [1.82, 2.24) is 15.1 Å². The SMILES string of the molecule is COCCNC(=O)/C(C#N)=C\c1cnn(C)c1. The Kier molecular flexibility index (Phi) is 4.91. The molecule has 0 aliphatic rings. The van der Waals surface area contributed by atoms with Crippen molar-refractivity contribution in [3.63, 3.8) is 0 Å². The molecule has 0 aromatic carbocycles. The molecule has 90 valence electrons. The van der Waals surface area contributed by atoms with Crippen molar-refractivity contribution in [2.45, 2.75) is 0 Å². The van der Waals surface area contributed by atoms with Gasteiger partial charge in [-0.3, -0.25) is 9.48 Å². The van der Waals surface area contributed by atoms with Crippen LogP contribution in [0.5, 0.6) is 0 Å². The van der Waals surface area contributed by atoms with E-state index in [0.717, 1.165) is 0 Å². The van der Waals surface area contributed by atoms with Crippen molar-refractivity contribution in [2.24, 2.45) is 7.05 Å². The molecule has 1 aromatic heterocycles. The largest absolute Gasteiger partial charge is 0.383 e. The number of carbonyl (C=O) groups excluding carboxylic acids is 1. The fraction of sp³-hybridized carbons (Fsp3) is 0.364. The van der Waals surface area contributed by atoms with E-state index in [1.165, 1.54) is 6.08 Å². The standard InChI is InChI=1S/C11H14N4O2/c1-15-8-9(7-14-15)5-10(6-12)11(16)13-3-4-17-2/h5,7-8H,3-4H2,1-2H3,(H,13,16)/b10-5-. The predicted octanol–water partition coefficient (Wildman–Crippen LogP) is 0.0897. The number of rotatable bonds is 5. The van der Waals surface area contributed by atoms with Crippen LogP contribution in [0.1, 0.15) is 5.56 Å². The highest BCUT2D eigenvalue weighted by Crippen LogP contribution is 2.04. The second-order valence-corrected chi connectivity index (χ2v) is 3.37. The van der Waals surface area contributed by atoms with Gasteiger partial charge in [0, 0.05) is 32.5 Å². The zero-order valence-corrected chi connectivity index (χ0v) is 9.80. The van der Waals surface area contributed by atoms with Crippen LogP contribution in [0.25, 0.3) is 6.08 Å². The number of ether oxygens (including phenoxy) is 1. The molecule has 0 saturated carbocycles. The second kappa shape index (κ2) is 6.45. The molecule has 6 heteroatoms. The van der Waals surface area contributed by atoms with Crippen LogP contribution in [0.4, 0.5) is 0 Å². The molecule has 0 spiro atoms. The first-order valence-electron chi connectivity index (χ1n) is 5.05. The number of carbonyl (C=O) groups is 1.